The van der Waals surface area contributed by atoms with Crippen molar-refractivity contribution >= 4 is 17.5 Å². The number of rotatable bonds is 5. The summed E-state index contributed by atoms with van der Waals surface area (Å²) in [6.45, 7) is 6.22. The van der Waals surface area contributed by atoms with Gasteiger partial charge in [0, 0.05) is 16.8 Å². The van der Waals surface area contributed by atoms with Crippen molar-refractivity contribution in [3.05, 3.63) is 0 Å². The van der Waals surface area contributed by atoms with Gasteiger partial charge in [0.1, 0.15) is 0 Å². The van der Waals surface area contributed by atoms with E-state index in [4.69, 9.17) is 11.6 Å². The molecule has 1 saturated carbocycles. The van der Waals surface area contributed by atoms with Crippen molar-refractivity contribution in [2.75, 3.05) is 5.88 Å². The quantitative estimate of drug-likeness (QED) is 0.739. The Kier molecular flexibility index (Phi) is 4.66. The molecule has 0 aromatic carbocycles. The lowest BCUT2D eigenvalue weighted by atomic mass is 9.81. The lowest BCUT2D eigenvalue weighted by Crippen LogP contribution is -2.50. The fourth-order valence-electron chi connectivity index (χ4n) is 2.53. The van der Waals surface area contributed by atoms with E-state index in [9.17, 15) is 4.79 Å². The van der Waals surface area contributed by atoms with Crippen molar-refractivity contribution < 1.29 is 4.79 Å². The Morgan fingerprint density at radius 2 is 1.94 bits per heavy atom. The van der Waals surface area contributed by atoms with Gasteiger partial charge in [-0.1, -0.05) is 19.8 Å². The molecule has 1 amide bonds. The van der Waals surface area contributed by atoms with Crippen LogP contribution in [-0.4, -0.2) is 17.3 Å². The van der Waals surface area contributed by atoms with E-state index in [0.717, 1.165) is 25.7 Å². The Labute approximate surface area is 104 Å². The van der Waals surface area contributed by atoms with Gasteiger partial charge in [0.15, 0.2) is 0 Å². The third-order valence-electron chi connectivity index (χ3n) is 3.89. The molecule has 1 fully saturated rings. The maximum absolute atomic E-state index is 12.3. The maximum Gasteiger partial charge on any atom is 0.226 e. The Morgan fingerprint density at radius 1 is 1.38 bits per heavy atom. The molecular formula is C13H24ClNO. The van der Waals surface area contributed by atoms with E-state index in [1.165, 1.54) is 12.8 Å². The first-order chi connectivity index (χ1) is 7.46. The molecule has 3 heteroatoms. The SMILES string of the molecule is CCC1(C(=O)NC(C)(C)CCCl)CCCC1. The second kappa shape index (κ2) is 5.39. The van der Waals surface area contributed by atoms with E-state index in [1.54, 1.807) is 0 Å². The first-order valence-electron chi connectivity index (χ1n) is 6.34. The summed E-state index contributed by atoms with van der Waals surface area (Å²) in [5.41, 5.74) is -0.271. The number of alkyl halides is 1. The van der Waals surface area contributed by atoms with E-state index in [0.29, 0.717) is 5.88 Å². The van der Waals surface area contributed by atoms with Gasteiger partial charge in [0.2, 0.25) is 5.91 Å². The summed E-state index contributed by atoms with van der Waals surface area (Å²) in [5, 5.41) is 3.17. The van der Waals surface area contributed by atoms with Crippen LogP contribution >= 0.6 is 11.6 Å². The zero-order chi connectivity index (χ0) is 12.2. The molecule has 0 heterocycles. The van der Waals surface area contributed by atoms with Crippen LogP contribution in [0.15, 0.2) is 0 Å². The van der Waals surface area contributed by atoms with Gasteiger partial charge in [-0.3, -0.25) is 4.79 Å². The van der Waals surface area contributed by atoms with E-state index < -0.39 is 0 Å². The van der Waals surface area contributed by atoms with Crippen molar-refractivity contribution in [2.45, 2.75) is 64.8 Å². The highest BCUT2D eigenvalue weighted by Gasteiger charge is 2.40. The van der Waals surface area contributed by atoms with Gasteiger partial charge in [-0.2, -0.15) is 0 Å². The number of halogens is 1. The Morgan fingerprint density at radius 3 is 2.38 bits per heavy atom. The van der Waals surface area contributed by atoms with Crippen molar-refractivity contribution in [2.24, 2.45) is 5.41 Å². The Balaban J connectivity index is 2.63. The highest BCUT2D eigenvalue weighted by Crippen LogP contribution is 2.41. The number of carbonyl (C=O) groups is 1. The van der Waals surface area contributed by atoms with Crippen LogP contribution in [0, 0.1) is 5.41 Å². The standard InChI is InChI=1S/C13H24ClNO/c1-4-13(7-5-6-8-13)11(16)15-12(2,3)9-10-14/h4-10H2,1-3H3,(H,15,16). The molecule has 1 aliphatic carbocycles. The largest absolute Gasteiger partial charge is 0.351 e. The second-order valence-electron chi connectivity index (χ2n) is 5.62. The summed E-state index contributed by atoms with van der Waals surface area (Å²) < 4.78 is 0. The zero-order valence-corrected chi connectivity index (χ0v) is 11.5. The summed E-state index contributed by atoms with van der Waals surface area (Å²) in [5.74, 6) is 0.828. The van der Waals surface area contributed by atoms with Gasteiger partial charge in [-0.25, -0.2) is 0 Å². The van der Waals surface area contributed by atoms with Crippen LogP contribution in [0.5, 0.6) is 0 Å². The smallest absolute Gasteiger partial charge is 0.226 e. The average Bonchev–Trinajstić information content (AvgIpc) is 2.66. The molecule has 0 aliphatic heterocycles. The van der Waals surface area contributed by atoms with Crippen LogP contribution in [-0.2, 0) is 4.79 Å². The molecule has 0 aromatic rings. The summed E-state index contributed by atoms with van der Waals surface area (Å²) in [6, 6.07) is 0. The average molecular weight is 246 g/mol. The minimum absolute atomic E-state index is 0.0937. The molecule has 16 heavy (non-hydrogen) atoms. The van der Waals surface area contributed by atoms with Crippen LogP contribution in [0.2, 0.25) is 0 Å². The Hall–Kier alpha value is -0.240. The molecule has 0 saturated heterocycles. The molecule has 1 aliphatic rings. The second-order valence-corrected chi connectivity index (χ2v) is 6.00. The highest BCUT2D eigenvalue weighted by molar-refractivity contribution is 6.17. The van der Waals surface area contributed by atoms with Crippen LogP contribution in [0.3, 0.4) is 0 Å². The van der Waals surface area contributed by atoms with Gasteiger partial charge in [-0.05, 0) is 39.5 Å². The first kappa shape index (κ1) is 13.8. The third kappa shape index (κ3) is 3.13. The molecule has 0 atom stereocenters. The zero-order valence-electron chi connectivity index (χ0n) is 10.7. The maximum atomic E-state index is 12.3. The van der Waals surface area contributed by atoms with E-state index in [1.807, 2.05) is 13.8 Å². The molecule has 0 radical (unpaired) electrons. The molecule has 0 unspecified atom stereocenters. The number of nitrogens with one attached hydrogen (secondary N) is 1. The minimum Gasteiger partial charge on any atom is -0.351 e. The molecular weight excluding hydrogens is 222 g/mol. The van der Waals surface area contributed by atoms with Gasteiger partial charge >= 0.3 is 0 Å². The van der Waals surface area contributed by atoms with Crippen molar-refractivity contribution in [1.29, 1.82) is 0 Å². The number of amides is 1. The third-order valence-corrected chi connectivity index (χ3v) is 4.08. The normalized spacial score (nSPS) is 19.8. The molecule has 1 rings (SSSR count). The summed E-state index contributed by atoms with van der Waals surface area (Å²) in [6.07, 6.45) is 6.25. The van der Waals surface area contributed by atoms with E-state index in [-0.39, 0.29) is 16.9 Å². The molecule has 2 nitrogen and oxygen atoms in total. The molecule has 1 N–H and O–H groups in total. The van der Waals surface area contributed by atoms with E-state index >= 15 is 0 Å². The van der Waals surface area contributed by atoms with Crippen molar-refractivity contribution in [3.63, 3.8) is 0 Å². The first-order valence-corrected chi connectivity index (χ1v) is 6.88. The molecule has 0 aromatic heterocycles. The molecule has 0 spiro atoms. The topological polar surface area (TPSA) is 29.1 Å². The van der Waals surface area contributed by atoms with Crippen LogP contribution in [0.4, 0.5) is 0 Å². The van der Waals surface area contributed by atoms with Gasteiger partial charge in [-0.15, -0.1) is 11.6 Å². The fraction of sp³-hybridized carbons (Fsp3) is 0.923. The van der Waals surface area contributed by atoms with Crippen LogP contribution in [0.1, 0.15) is 59.3 Å². The fourth-order valence-corrected chi connectivity index (χ4v) is 3.00. The molecule has 0 bridgehead atoms. The van der Waals surface area contributed by atoms with Crippen LogP contribution < -0.4 is 5.32 Å². The predicted octanol–water partition coefficient (Wildman–Crippen LogP) is 3.48. The Bertz CT molecular complexity index is 244. The number of carbonyl (C=O) groups excluding carboxylic acids is 1. The van der Waals surface area contributed by atoms with Gasteiger partial charge < -0.3 is 5.32 Å². The minimum atomic E-state index is -0.177. The van der Waals surface area contributed by atoms with Crippen molar-refractivity contribution in [3.8, 4) is 0 Å². The van der Waals surface area contributed by atoms with Gasteiger partial charge in [0.05, 0.1) is 0 Å². The number of hydrogen-bond donors (Lipinski definition) is 1. The lowest BCUT2D eigenvalue weighted by Gasteiger charge is -2.33. The van der Waals surface area contributed by atoms with Gasteiger partial charge in [0.25, 0.3) is 0 Å². The monoisotopic (exact) mass is 245 g/mol. The van der Waals surface area contributed by atoms with Crippen LogP contribution in [0.25, 0.3) is 0 Å². The summed E-state index contributed by atoms with van der Waals surface area (Å²) >= 11 is 5.75. The predicted molar refractivity (Wildman–Crippen MR) is 68.8 cm³/mol. The van der Waals surface area contributed by atoms with Crippen molar-refractivity contribution in [1.82, 2.24) is 5.32 Å². The highest BCUT2D eigenvalue weighted by atomic mass is 35.5. The summed E-state index contributed by atoms with van der Waals surface area (Å²) in [4.78, 5) is 12.3. The van der Waals surface area contributed by atoms with E-state index in [2.05, 4.69) is 12.2 Å². The lowest BCUT2D eigenvalue weighted by molar-refractivity contribution is -0.132. The summed E-state index contributed by atoms with van der Waals surface area (Å²) in [7, 11) is 0. The molecule has 94 valence electrons. The number of hydrogen-bond acceptors (Lipinski definition) is 1.